The molecule has 1 amide bonds. The highest BCUT2D eigenvalue weighted by Gasteiger charge is 2.41. The second-order valence-electron chi connectivity index (χ2n) is 9.96. The van der Waals surface area contributed by atoms with Gasteiger partial charge in [-0.25, -0.2) is 0 Å². The molecule has 2 aliphatic rings. The molecule has 184 valence electrons. The first-order valence-electron chi connectivity index (χ1n) is 12.5. The van der Waals surface area contributed by atoms with Gasteiger partial charge in [0.05, 0.1) is 18.8 Å². The number of fused-ring (bicyclic) bond motifs is 2. The van der Waals surface area contributed by atoms with Crippen molar-refractivity contribution in [2.45, 2.75) is 45.3 Å². The second kappa shape index (κ2) is 9.38. The molecule has 5 rings (SSSR count). The normalized spacial score (nSPS) is 20.3. The van der Waals surface area contributed by atoms with Crippen LogP contribution in [-0.4, -0.2) is 59.4 Å². The van der Waals surface area contributed by atoms with Crippen molar-refractivity contribution in [3.63, 3.8) is 0 Å². The number of carbonyl (C=O) groups excluding carboxylic acids is 1. The summed E-state index contributed by atoms with van der Waals surface area (Å²) in [6.45, 7) is 8.70. The first kappa shape index (κ1) is 23.4. The van der Waals surface area contributed by atoms with E-state index in [2.05, 4.69) is 51.5 Å². The minimum Gasteiger partial charge on any atom is -0.494 e. The molecule has 0 radical (unpaired) electrons. The minimum atomic E-state index is -0.183. The Morgan fingerprint density at radius 3 is 2.63 bits per heavy atom. The highest BCUT2D eigenvalue weighted by Crippen LogP contribution is 2.35. The Morgan fingerprint density at radius 1 is 1.14 bits per heavy atom. The lowest BCUT2D eigenvalue weighted by Gasteiger charge is -2.34. The summed E-state index contributed by atoms with van der Waals surface area (Å²) in [4.78, 5) is 18.3. The van der Waals surface area contributed by atoms with Crippen LogP contribution in [0, 0.1) is 6.92 Å². The van der Waals surface area contributed by atoms with Gasteiger partial charge < -0.3 is 15.0 Å². The van der Waals surface area contributed by atoms with Crippen LogP contribution in [0.4, 0.5) is 5.69 Å². The van der Waals surface area contributed by atoms with Crippen molar-refractivity contribution in [1.82, 2.24) is 20.0 Å². The number of benzene rings is 2. The molecule has 1 N–H and O–H groups in total. The van der Waals surface area contributed by atoms with Crippen LogP contribution >= 0.6 is 0 Å². The average molecular weight is 474 g/mol. The van der Waals surface area contributed by atoms with Gasteiger partial charge in [-0.15, -0.1) is 0 Å². The summed E-state index contributed by atoms with van der Waals surface area (Å²) < 4.78 is 7.62. The molecular formula is C28H35N5O2. The number of likely N-dealkylation sites (N-methyl/N-ethyl adjacent to an activating group) is 1. The third-order valence-corrected chi connectivity index (χ3v) is 7.44. The first-order chi connectivity index (χ1) is 16.8. The lowest BCUT2D eigenvalue weighted by Crippen LogP contribution is -2.44. The van der Waals surface area contributed by atoms with E-state index in [4.69, 9.17) is 4.74 Å². The van der Waals surface area contributed by atoms with Crippen LogP contribution in [0.5, 0.6) is 5.75 Å². The minimum absolute atomic E-state index is 0.0527. The highest BCUT2D eigenvalue weighted by atomic mass is 16.5. The molecular weight excluding hydrogens is 438 g/mol. The molecule has 2 fully saturated rings. The quantitative estimate of drug-likeness (QED) is 0.558. The molecule has 3 heterocycles. The molecule has 35 heavy (non-hydrogen) atoms. The number of aromatic nitrogens is 2. The van der Waals surface area contributed by atoms with Gasteiger partial charge in [-0.3, -0.25) is 14.4 Å². The molecule has 2 aromatic carbocycles. The molecule has 0 spiro atoms. The monoisotopic (exact) mass is 473 g/mol. The summed E-state index contributed by atoms with van der Waals surface area (Å²) >= 11 is 0. The molecule has 3 atom stereocenters. The standard InChI is InChI=1S/C28H35N5O2/c1-6-35-26-10-20(9-21(11-26)22-14-29-32(5)15-22)19(3)30-28(34)27-13-23(8-7-18(27)2)33-17-24-12-25(33)16-31(24)4/h7-11,13-15,19,24-25H,6,12,16-17H2,1-5H3,(H,30,34)/t19-,24-,25-/m1/s1. The number of hydrogen-bond donors (Lipinski definition) is 1. The Kier molecular flexibility index (Phi) is 6.28. The zero-order valence-corrected chi connectivity index (χ0v) is 21.3. The van der Waals surface area contributed by atoms with E-state index in [1.807, 2.05) is 52.3 Å². The Hall–Kier alpha value is -3.32. The zero-order chi connectivity index (χ0) is 24.7. The number of anilines is 1. The van der Waals surface area contributed by atoms with Crippen LogP contribution in [0.25, 0.3) is 11.1 Å². The van der Waals surface area contributed by atoms with E-state index < -0.39 is 0 Å². The third-order valence-electron chi connectivity index (χ3n) is 7.44. The van der Waals surface area contributed by atoms with Crippen LogP contribution < -0.4 is 15.0 Å². The fourth-order valence-corrected chi connectivity index (χ4v) is 5.43. The van der Waals surface area contributed by atoms with Gasteiger partial charge in [-0.1, -0.05) is 6.07 Å². The molecule has 2 saturated heterocycles. The highest BCUT2D eigenvalue weighted by molar-refractivity contribution is 5.97. The fourth-order valence-electron chi connectivity index (χ4n) is 5.43. The van der Waals surface area contributed by atoms with Gasteiger partial charge in [0.2, 0.25) is 0 Å². The van der Waals surface area contributed by atoms with Gasteiger partial charge in [0.1, 0.15) is 5.75 Å². The molecule has 0 saturated carbocycles. The van der Waals surface area contributed by atoms with Gasteiger partial charge in [-0.05, 0) is 81.3 Å². The van der Waals surface area contributed by atoms with Crippen molar-refractivity contribution in [3.8, 4) is 16.9 Å². The van der Waals surface area contributed by atoms with E-state index in [9.17, 15) is 4.79 Å². The summed E-state index contributed by atoms with van der Waals surface area (Å²) in [6, 6.07) is 13.4. The SMILES string of the molecule is CCOc1cc(-c2cnn(C)c2)cc([C@@H](C)NC(=O)c2cc(N3C[C@H]4C[C@@H]3CN4C)ccc2C)c1. The van der Waals surface area contributed by atoms with Crippen molar-refractivity contribution >= 4 is 11.6 Å². The zero-order valence-electron chi connectivity index (χ0n) is 21.3. The number of hydrogen-bond acceptors (Lipinski definition) is 5. The van der Waals surface area contributed by atoms with Crippen molar-refractivity contribution < 1.29 is 9.53 Å². The van der Waals surface area contributed by atoms with E-state index in [1.165, 1.54) is 6.42 Å². The van der Waals surface area contributed by atoms with Crippen LogP contribution in [0.3, 0.4) is 0 Å². The number of nitrogens with zero attached hydrogens (tertiary/aromatic N) is 4. The van der Waals surface area contributed by atoms with Crippen LogP contribution in [0.2, 0.25) is 0 Å². The van der Waals surface area contributed by atoms with E-state index in [1.54, 1.807) is 4.68 Å². The maximum atomic E-state index is 13.4. The van der Waals surface area contributed by atoms with Crippen molar-refractivity contribution in [2.75, 3.05) is 31.6 Å². The summed E-state index contributed by atoms with van der Waals surface area (Å²) in [5.74, 6) is 0.736. The number of amides is 1. The van der Waals surface area contributed by atoms with E-state index in [0.29, 0.717) is 18.7 Å². The first-order valence-corrected chi connectivity index (χ1v) is 12.5. The van der Waals surface area contributed by atoms with E-state index in [0.717, 1.165) is 52.3 Å². The largest absolute Gasteiger partial charge is 0.494 e. The van der Waals surface area contributed by atoms with Crippen molar-refractivity contribution in [1.29, 1.82) is 0 Å². The fraction of sp³-hybridized carbons (Fsp3) is 0.429. The van der Waals surface area contributed by atoms with Gasteiger partial charge >= 0.3 is 0 Å². The number of nitrogens with one attached hydrogen (secondary N) is 1. The average Bonchev–Trinajstić information content (AvgIpc) is 3.55. The Balaban J connectivity index is 1.37. The Bertz CT molecular complexity index is 1230. The van der Waals surface area contributed by atoms with Gasteiger partial charge in [0.15, 0.2) is 0 Å². The van der Waals surface area contributed by atoms with Gasteiger partial charge in [-0.2, -0.15) is 5.10 Å². The number of ether oxygens (including phenoxy) is 1. The molecule has 2 aliphatic heterocycles. The summed E-state index contributed by atoms with van der Waals surface area (Å²) in [7, 11) is 4.11. The van der Waals surface area contributed by atoms with E-state index in [-0.39, 0.29) is 11.9 Å². The maximum absolute atomic E-state index is 13.4. The molecule has 0 aliphatic carbocycles. The lowest BCUT2D eigenvalue weighted by molar-refractivity contribution is 0.0939. The van der Waals surface area contributed by atoms with Crippen molar-refractivity contribution in [2.24, 2.45) is 7.05 Å². The molecule has 7 nitrogen and oxygen atoms in total. The maximum Gasteiger partial charge on any atom is 0.252 e. The number of aryl methyl sites for hydroxylation is 2. The van der Waals surface area contributed by atoms with Crippen molar-refractivity contribution in [3.05, 3.63) is 65.5 Å². The number of rotatable bonds is 7. The summed E-state index contributed by atoms with van der Waals surface area (Å²) in [5.41, 5.74) is 5.90. The van der Waals surface area contributed by atoms with Crippen LogP contribution in [-0.2, 0) is 7.05 Å². The smallest absolute Gasteiger partial charge is 0.252 e. The number of likely N-dealkylation sites (tertiary alicyclic amines) is 1. The number of piperazine rings is 1. The summed E-state index contributed by atoms with van der Waals surface area (Å²) in [5, 5.41) is 7.52. The number of carbonyl (C=O) groups is 1. The Morgan fingerprint density at radius 2 is 1.97 bits per heavy atom. The lowest BCUT2D eigenvalue weighted by atomic mass is 10.0. The summed E-state index contributed by atoms with van der Waals surface area (Å²) in [6.07, 6.45) is 5.03. The second-order valence-corrected chi connectivity index (χ2v) is 9.96. The van der Waals surface area contributed by atoms with Crippen LogP contribution in [0.15, 0.2) is 48.8 Å². The van der Waals surface area contributed by atoms with Crippen LogP contribution in [0.1, 0.15) is 47.8 Å². The molecule has 2 bridgehead atoms. The predicted molar refractivity (Wildman–Crippen MR) is 139 cm³/mol. The molecule has 3 aromatic rings. The molecule has 1 aromatic heterocycles. The molecule has 0 unspecified atom stereocenters. The van der Waals surface area contributed by atoms with Gasteiger partial charge in [0, 0.05) is 55.2 Å². The third kappa shape index (κ3) is 4.65. The topological polar surface area (TPSA) is 62.6 Å². The predicted octanol–water partition coefficient (Wildman–Crippen LogP) is 4.18. The molecule has 7 heteroatoms. The Labute approximate surface area is 207 Å². The van der Waals surface area contributed by atoms with E-state index >= 15 is 0 Å². The van der Waals surface area contributed by atoms with Gasteiger partial charge in [0.25, 0.3) is 5.91 Å².